The molecule has 0 aromatic rings. The van der Waals surface area contributed by atoms with Gasteiger partial charge < -0.3 is 43.9 Å². The lowest BCUT2D eigenvalue weighted by molar-refractivity contribution is -0.302. The average Bonchev–Trinajstić information content (AvgIpc) is 3.20. The minimum atomic E-state index is -2.51. The van der Waals surface area contributed by atoms with Crippen LogP contribution >= 0.6 is 0 Å². The first-order valence-corrected chi connectivity index (χ1v) is 21.4. The lowest BCUT2D eigenvalue weighted by Gasteiger charge is -2.47. The van der Waals surface area contributed by atoms with Gasteiger partial charge in [0.1, 0.15) is 24.0 Å². The van der Waals surface area contributed by atoms with E-state index >= 15 is 0 Å². The average molecular weight is 818 g/mol. The van der Waals surface area contributed by atoms with E-state index in [0.29, 0.717) is 50.7 Å². The normalized spacial score (nSPS) is 39.6. The highest BCUT2D eigenvalue weighted by atomic mass is 16.7. The van der Waals surface area contributed by atoms with Gasteiger partial charge in [0.2, 0.25) is 5.79 Å². The summed E-state index contributed by atoms with van der Waals surface area (Å²) in [4.78, 5) is 57.7. The highest BCUT2D eigenvalue weighted by Gasteiger charge is 2.57. The third kappa shape index (κ3) is 11.7. The van der Waals surface area contributed by atoms with E-state index in [-0.39, 0.29) is 61.9 Å². The number of cyclic esters (lactones) is 1. The van der Waals surface area contributed by atoms with E-state index in [4.69, 9.17) is 23.7 Å². The van der Waals surface area contributed by atoms with Gasteiger partial charge in [-0.1, -0.05) is 57.9 Å². The van der Waals surface area contributed by atoms with Gasteiger partial charge in [-0.2, -0.15) is 0 Å². The molecule has 1 aliphatic carbocycles. The van der Waals surface area contributed by atoms with Crippen LogP contribution in [0, 0.1) is 29.6 Å². The molecule has 2 saturated heterocycles. The topological polar surface area (TPSA) is 178 Å². The Kier molecular flexibility index (Phi) is 17.9. The summed E-state index contributed by atoms with van der Waals surface area (Å²) in [5.41, 5.74) is 1.61. The molecule has 328 valence electrons. The molecular formula is C45H71NO12. The smallest absolute Gasteiger partial charge is 0.329 e. The second kappa shape index (κ2) is 21.7. The van der Waals surface area contributed by atoms with Gasteiger partial charge in [0, 0.05) is 45.4 Å². The molecule has 14 atom stereocenters. The zero-order chi connectivity index (χ0) is 42.9. The number of fused-ring (bicyclic) bond motifs is 3. The SMILES string of the molecule is C=CCOC1CCC(C=C(C)C2OC(=O)C3CC(CC)CCN3C(=O)C(=O)C3(O)OC(C(OC)CC(C)CC(C)=CCC(=O)CC(O)C2C)C(OC)CC3C)CC1O. The number of aliphatic hydroxyl groups excluding tert-OH is 2. The fraction of sp³-hybridized carbons (Fsp3) is 0.778. The Hall–Kier alpha value is -2.78. The third-order valence-electron chi connectivity index (χ3n) is 13.2. The van der Waals surface area contributed by atoms with Crippen LogP contribution in [0.15, 0.2) is 36.0 Å². The zero-order valence-electron chi connectivity index (χ0n) is 36.1. The van der Waals surface area contributed by atoms with Crippen LogP contribution < -0.4 is 0 Å². The number of carbonyl (C=O) groups excluding carboxylic acids is 4. The minimum absolute atomic E-state index is 0.0389. The number of aliphatic hydroxyl groups is 3. The predicted octanol–water partition coefficient (Wildman–Crippen LogP) is 5.03. The van der Waals surface area contributed by atoms with Crippen LogP contribution in [0.2, 0.25) is 0 Å². The Balaban J connectivity index is 1.74. The lowest BCUT2D eigenvalue weighted by atomic mass is 9.81. The fourth-order valence-corrected chi connectivity index (χ4v) is 9.47. The van der Waals surface area contributed by atoms with Crippen molar-refractivity contribution in [2.45, 2.75) is 167 Å². The molecular weight excluding hydrogens is 746 g/mol. The van der Waals surface area contributed by atoms with Crippen molar-refractivity contribution in [2.24, 2.45) is 29.6 Å². The number of methoxy groups -OCH3 is 2. The molecule has 2 bridgehead atoms. The molecule has 0 aromatic heterocycles. The van der Waals surface area contributed by atoms with Crippen molar-refractivity contribution in [1.29, 1.82) is 0 Å². The first kappa shape index (κ1) is 47.9. The second-order valence-corrected chi connectivity index (χ2v) is 17.6. The maximum absolute atomic E-state index is 14.5. The number of ketones is 2. The molecule has 3 heterocycles. The van der Waals surface area contributed by atoms with Crippen molar-refractivity contribution in [2.75, 3.05) is 27.4 Å². The molecule has 13 heteroatoms. The highest BCUT2D eigenvalue weighted by molar-refractivity contribution is 6.39. The summed E-state index contributed by atoms with van der Waals surface area (Å²) in [5, 5.41) is 34.5. The number of amides is 1. The number of hydrogen-bond donors (Lipinski definition) is 3. The van der Waals surface area contributed by atoms with Crippen molar-refractivity contribution in [1.82, 2.24) is 4.90 Å². The molecule has 0 spiro atoms. The predicted molar refractivity (Wildman–Crippen MR) is 217 cm³/mol. The van der Waals surface area contributed by atoms with E-state index in [1.165, 1.54) is 19.1 Å². The number of rotatable bonds is 8. The summed E-state index contributed by atoms with van der Waals surface area (Å²) < 4.78 is 30.0. The number of esters is 1. The molecule has 0 radical (unpaired) electrons. The number of allylic oxidation sites excluding steroid dienone is 3. The Labute approximate surface area is 345 Å². The molecule has 3 fully saturated rings. The van der Waals surface area contributed by atoms with Crippen LogP contribution in [-0.4, -0.2) is 126 Å². The van der Waals surface area contributed by atoms with Crippen molar-refractivity contribution in [3.8, 4) is 0 Å². The van der Waals surface area contributed by atoms with E-state index in [2.05, 4.69) is 6.58 Å². The molecule has 1 saturated carbocycles. The Morgan fingerprint density at radius 1 is 0.966 bits per heavy atom. The van der Waals surface area contributed by atoms with Crippen LogP contribution in [0.5, 0.6) is 0 Å². The first-order chi connectivity index (χ1) is 27.5. The van der Waals surface area contributed by atoms with Gasteiger partial charge in [0.05, 0.1) is 37.1 Å². The van der Waals surface area contributed by atoms with Crippen molar-refractivity contribution >= 4 is 23.4 Å². The monoisotopic (exact) mass is 817 g/mol. The number of piperidine rings is 1. The molecule has 1 amide bonds. The molecule has 58 heavy (non-hydrogen) atoms. The fourth-order valence-electron chi connectivity index (χ4n) is 9.47. The van der Waals surface area contributed by atoms with E-state index in [1.807, 2.05) is 32.9 Å². The van der Waals surface area contributed by atoms with Crippen LogP contribution in [0.3, 0.4) is 0 Å². The molecule has 3 aliphatic heterocycles. The zero-order valence-corrected chi connectivity index (χ0v) is 36.1. The summed E-state index contributed by atoms with van der Waals surface area (Å²) >= 11 is 0. The molecule has 3 N–H and O–H groups in total. The number of nitrogens with zero attached hydrogens (tertiary/aromatic N) is 1. The van der Waals surface area contributed by atoms with Crippen molar-refractivity contribution in [3.63, 3.8) is 0 Å². The standard InChI is InChI=1S/C45H71NO12/c1-10-18-56-37-15-13-32(24-36(37)49)21-28(5)40-30(7)35(48)25-33(47)14-12-26(3)19-27(4)20-38(54-8)41-39(55-9)22-29(6)45(53,58-41)42(50)43(51)46-17-16-31(11-2)23-34(46)44(52)57-40/h10,12,21,27,29-32,34-41,48-49,53H,1,11,13-20,22-25H2,2-9H3. The summed E-state index contributed by atoms with van der Waals surface area (Å²) in [5.74, 6) is -7.17. The maximum atomic E-state index is 14.5. The van der Waals surface area contributed by atoms with E-state index < -0.39 is 77.9 Å². The largest absolute Gasteiger partial charge is 0.456 e. The maximum Gasteiger partial charge on any atom is 0.329 e. The molecule has 0 aromatic carbocycles. The highest BCUT2D eigenvalue weighted by Crippen LogP contribution is 2.39. The van der Waals surface area contributed by atoms with Crippen LogP contribution in [0.25, 0.3) is 0 Å². The lowest BCUT2D eigenvalue weighted by Crippen LogP contribution is -2.64. The Morgan fingerprint density at radius 3 is 2.29 bits per heavy atom. The number of ether oxygens (including phenoxy) is 5. The number of carbonyl (C=O) groups is 4. The third-order valence-corrected chi connectivity index (χ3v) is 13.2. The van der Waals surface area contributed by atoms with Gasteiger partial charge in [-0.05, 0) is 88.5 Å². The van der Waals surface area contributed by atoms with Gasteiger partial charge in [-0.25, -0.2) is 4.79 Å². The molecule has 14 unspecified atom stereocenters. The van der Waals surface area contributed by atoms with E-state index in [0.717, 1.165) is 12.0 Å². The molecule has 4 aliphatic rings. The minimum Gasteiger partial charge on any atom is -0.456 e. The van der Waals surface area contributed by atoms with Gasteiger partial charge in [0.15, 0.2) is 0 Å². The Morgan fingerprint density at radius 2 is 1.66 bits per heavy atom. The van der Waals surface area contributed by atoms with Crippen LogP contribution in [-0.2, 0) is 42.9 Å². The summed E-state index contributed by atoms with van der Waals surface area (Å²) in [6, 6.07) is -1.16. The second-order valence-electron chi connectivity index (χ2n) is 17.6. The first-order valence-electron chi connectivity index (χ1n) is 21.4. The van der Waals surface area contributed by atoms with Gasteiger partial charge in [0.25, 0.3) is 11.7 Å². The summed E-state index contributed by atoms with van der Waals surface area (Å²) in [6.45, 7) is 15.3. The van der Waals surface area contributed by atoms with Crippen molar-refractivity contribution < 1.29 is 58.2 Å². The number of Topliss-reactive ketones (excluding diaryl/α,β-unsaturated/α-hetero) is 2. The number of hydrogen-bond acceptors (Lipinski definition) is 12. The Bertz CT molecular complexity index is 1500. The van der Waals surface area contributed by atoms with Crippen LogP contribution in [0.1, 0.15) is 112 Å². The summed E-state index contributed by atoms with van der Waals surface area (Å²) in [7, 11) is 3.06. The van der Waals surface area contributed by atoms with Crippen LogP contribution in [0.4, 0.5) is 0 Å². The van der Waals surface area contributed by atoms with E-state index in [9.17, 15) is 34.5 Å². The van der Waals surface area contributed by atoms with Gasteiger partial charge in [-0.3, -0.25) is 14.4 Å². The van der Waals surface area contributed by atoms with E-state index in [1.54, 1.807) is 26.8 Å². The van der Waals surface area contributed by atoms with Gasteiger partial charge in [-0.15, -0.1) is 6.58 Å². The quantitative estimate of drug-likeness (QED) is 0.169. The molecule has 13 nitrogen and oxygen atoms in total. The summed E-state index contributed by atoms with van der Waals surface area (Å²) in [6.07, 6.45) is 4.77. The molecule has 4 rings (SSSR count). The van der Waals surface area contributed by atoms with Crippen molar-refractivity contribution in [3.05, 3.63) is 36.0 Å². The van der Waals surface area contributed by atoms with Gasteiger partial charge >= 0.3 is 5.97 Å².